The summed E-state index contributed by atoms with van der Waals surface area (Å²) in [4.78, 5) is 2.85. The Hall–Kier alpha value is -1.06. The molecule has 3 heteroatoms. The molecular formula is C14H20N2S. The van der Waals surface area contributed by atoms with Crippen LogP contribution in [0, 0.1) is 13.8 Å². The Balaban J connectivity index is 1.87. The van der Waals surface area contributed by atoms with Gasteiger partial charge in [0.2, 0.25) is 0 Å². The van der Waals surface area contributed by atoms with Gasteiger partial charge in [-0.15, -0.1) is 11.3 Å². The fourth-order valence-corrected chi connectivity index (χ4v) is 2.99. The van der Waals surface area contributed by atoms with Crippen LogP contribution in [0.4, 0.5) is 0 Å². The third-order valence-corrected chi connectivity index (χ3v) is 4.24. The monoisotopic (exact) mass is 248 g/mol. The zero-order valence-electron chi connectivity index (χ0n) is 10.8. The van der Waals surface area contributed by atoms with Crippen LogP contribution in [0.3, 0.4) is 0 Å². The molecule has 0 spiro atoms. The van der Waals surface area contributed by atoms with Crippen molar-refractivity contribution in [2.45, 2.75) is 40.4 Å². The van der Waals surface area contributed by atoms with Gasteiger partial charge in [0.05, 0.1) is 0 Å². The third-order valence-electron chi connectivity index (χ3n) is 3.09. The molecule has 0 fully saturated rings. The van der Waals surface area contributed by atoms with Crippen molar-refractivity contribution < 1.29 is 0 Å². The maximum Gasteiger partial charge on any atom is 0.0362 e. The van der Waals surface area contributed by atoms with E-state index in [9.17, 15) is 0 Å². The van der Waals surface area contributed by atoms with E-state index in [1.807, 2.05) is 11.3 Å². The summed E-state index contributed by atoms with van der Waals surface area (Å²) >= 11 is 1.89. The van der Waals surface area contributed by atoms with Crippen LogP contribution in [0.5, 0.6) is 0 Å². The van der Waals surface area contributed by atoms with Crippen LogP contribution in [0.15, 0.2) is 24.4 Å². The maximum atomic E-state index is 3.51. The second-order valence-corrected chi connectivity index (χ2v) is 5.68. The number of nitrogens with one attached hydrogen (secondary N) is 1. The van der Waals surface area contributed by atoms with E-state index < -0.39 is 0 Å². The largest absolute Gasteiger partial charge is 0.351 e. The van der Waals surface area contributed by atoms with Crippen molar-refractivity contribution in [3.63, 3.8) is 0 Å². The fraction of sp³-hybridized carbons (Fsp3) is 0.429. The van der Waals surface area contributed by atoms with Gasteiger partial charge in [-0.1, -0.05) is 0 Å². The predicted molar refractivity (Wildman–Crippen MR) is 74.4 cm³/mol. The van der Waals surface area contributed by atoms with Gasteiger partial charge in [-0.2, -0.15) is 0 Å². The maximum absolute atomic E-state index is 3.51. The lowest BCUT2D eigenvalue weighted by atomic mass is 10.3. The summed E-state index contributed by atoms with van der Waals surface area (Å²) in [6, 6.07) is 6.58. The van der Waals surface area contributed by atoms with E-state index >= 15 is 0 Å². The first-order valence-corrected chi connectivity index (χ1v) is 6.93. The Kier molecular flexibility index (Phi) is 4.02. The van der Waals surface area contributed by atoms with Crippen molar-refractivity contribution in [3.05, 3.63) is 45.4 Å². The number of hydrogen-bond acceptors (Lipinski definition) is 2. The standard InChI is InChI=1S/C14H20N2S/c1-4-16-7-5-6-13(16)9-15-10-14-8-11(2)12(3)17-14/h5-8,15H,4,9-10H2,1-3H3. The summed E-state index contributed by atoms with van der Waals surface area (Å²) in [6.07, 6.45) is 2.14. The van der Waals surface area contributed by atoms with Crippen molar-refractivity contribution in [1.82, 2.24) is 9.88 Å². The van der Waals surface area contributed by atoms with E-state index in [4.69, 9.17) is 0 Å². The molecule has 0 saturated heterocycles. The molecule has 2 heterocycles. The fourth-order valence-electron chi connectivity index (χ4n) is 1.97. The zero-order chi connectivity index (χ0) is 12.3. The van der Waals surface area contributed by atoms with Gasteiger partial charge >= 0.3 is 0 Å². The van der Waals surface area contributed by atoms with E-state index in [0.29, 0.717) is 0 Å². The molecule has 0 bridgehead atoms. The molecule has 0 atom stereocenters. The minimum absolute atomic E-state index is 0.941. The first-order valence-electron chi connectivity index (χ1n) is 6.11. The number of thiophene rings is 1. The molecule has 2 rings (SSSR count). The average Bonchev–Trinajstić information content (AvgIpc) is 2.87. The minimum Gasteiger partial charge on any atom is -0.351 e. The molecule has 0 saturated carbocycles. The van der Waals surface area contributed by atoms with E-state index in [-0.39, 0.29) is 0 Å². The Labute approximate surface area is 107 Å². The van der Waals surface area contributed by atoms with Crippen LogP contribution < -0.4 is 5.32 Å². The molecule has 0 aliphatic heterocycles. The van der Waals surface area contributed by atoms with Crippen molar-refractivity contribution in [3.8, 4) is 0 Å². The Bertz CT molecular complexity index is 463. The molecule has 17 heavy (non-hydrogen) atoms. The normalized spacial score (nSPS) is 11.0. The van der Waals surface area contributed by atoms with Crippen molar-refractivity contribution in [2.75, 3.05) is 0 Å². The van der Waals surface area contributed by atoms with E-state index in [1.165, 1.54) is 21.0 Å². The highest BCUT2D eigenvalue weighted by Gasteiger charge is 2.02. The second kappa shape index (κ2) is 5.52. The number of aryl methyl sites for hydroxylation is 3. The number of aromatic nitrogens is 1. The molecule has 2 nitrogen and oxygen atoms in total. The quantitative estimate of drug-likeness (QED) is 0.857. The first-order chi connectivity index (χ1) is 8.20. The average molecular weight is 248 g/mol. The van der Waals surface area contributed by atoms with Gasteiger partial charge in [-0.05, 0) is 44.5 Å². The number of rotatable bonds is 5. The molecule has 0 aliphatic rings. The van der Waals surface area contributed by atoms with Gasteiger partial charge in [-0.3, -0.25) is 0 Å². The van der Waals surface area contributed by atoms with Gasteiger partial charge in [0.15, 0.2) is 0 Å². The molecule has 0 aromatic carbocycles. The molecule has 0 amide bonds. The highest BCUT2D eigenvalue weighted by molar-refractivity contribution is 7.12. The van der Waals surface area contributed by atoms with Gasteiger partial charge in [0, 0.05) is 41.3 Å². The lowest BCUT2D eigenvalue weighted by Crippen LogP contribution is -2.14. The van der Waals surface area contributed by atoms with Gasteiger partial charge in [-0.25, -0.2) is 0 Å². The van der Waals surface area contributed by atoms with Crippen LogP contribution >= 0.6 is 11.3 Å². The lowest BCUT2D eigenvalue weighted by molar-refractivity contribution is 0.632. The van der Waals surface area contributed by atoms with Crippen LogP contribution in [-0.4, -0.2) is 4.57 Å². The SMILES string of the molecule is CCn1cccc1CNCc1cc(C)c(C)s1. The van der Waals surface area contributed by atoms with Crippen LogP contribution in [0.2, 0.25) is 0 Å². The summed E-state index contributed by atoms with van der Waals surface area (Å²) in [5, 5.41) is 3.51. The van der Waals surface area contributed by atoms with Crippen molar-refractivity contribution in [2.24, 2.45) is 0 Å². The molecule has 0 aliphatic carbocycles. The molecule has 0 unspecified atom stereocenters. The Morgan fingerprint density at radius 3 is 2.76 bits per heavy atom. The molecule has 1 N–H and O–H groups in total. The highest BCUT2D eigenvalue weighted by Crippen LogP contribution is 2.20. The molecular weight excluding hydrogens is 228 g/mol. The predicted octanol–water partition coefficient (Wildman–Crippen LogP) is 3.48. The topological polar surface area (TPSA) is 17.0 Å². The Morgan fingerprint density at radius 2 is 2.12 bits per heavy atom. The van der Waals surface area contributed by atoms with Crippen LogP contribution in [0.25, 0.3) is 0 Å². The van der Waals surface area contributed by atoms with Crippen LogP contribution in [0.1, 0.15) is 27.9 Å². The van der Waals surface area contributed by atoms with Crippen LogP contribution in [-0.2, 0) is 19.6 Å². The van der Waals surface area contributed by atoms with Gasteiger partial charge < -0.3 is 9.88 Å². The summed E-state index contributed by atoms with van der Waals surface area (Å²) in [5.41, 5.74) is 2.77. The number of nitrogens with zero attached hydrogens (tertiary/aromatic N) is 1. The summed E-state index contributed by atoms with van der Waals surface area (Å²) in [5.74, 6) is 0. The van der Waals surface area contributed by atoms with Crippen molar-refractivity contribution >= 4 is 11.3 Å². The molecule has 2 aromatic rings. The minimum atomic E-state index is 0.941. The van der Waals surface area contributed by atoms with E-state index in [0.717, 1.165) is 19.6 Å². The third kappa shape index (κ3) is 2.99. The Morgan fingerprint density at radius 1 is 1.29 bits per heavy atom. The van der Waals surface area contributed by atoms with E-state index in [2.05, 4.69) is 55.1 Å². The summed E-state index contributed by atoms with van der Waals surface area (Å²) in [7, 11) is 0. The number of hydrogen-bond donors (Lipinski definition) is 1. The highest BCUT2D eigenvalue weighted by atomic mass is 32.1. The van der Waals surface area contributed by atoms with Gasteiger partial charge in [0.1, 0.15) is 0 Å². The summed E-state index contributed by atoms with van der Waals surface area (Å²) < 4.78 is 2.28. The molecule has 2 aromatic heterocycles. The molecule has 0 radical (unpaired) electrons. The van der Waals surface area contributed by atoms with E-state index in [1.54, 1.807) is 0 Å². The smallest absolute Gasteiger partial charge is 0.0362 e. The second-order valence-electron chi connectivity index (χ2n) is 4.34. The van der Waals surface area contributed by atoms with Crippen molar-refractivity contribution in [1.29, 1.82) is 0 Å². The first kappa shape index (κ1) is 12.4. The molecule has 92 valence electrons. The summed E-state index contributed by atoms with van der Waals surface area (Å²) in [6.45, 7) is 9.49. The lowest BCUT2D eigenvalue weighted by Gasteiger charge is -2.07. The van der Waals surface area contributed by atoms with Gasteiger partial charge in [0.25, 0.3) is 0 Å². The zero-order valence-corrected chi connectivity index (χ0v) is 11.6.